The van der Waals surface area contributed by atoms with Gasteiger partial charge in [-0.2, -0.15) is 5.10 Å². The molecule has 124 valence electrons. The number of aryl methyl sites for hydroxylation is 1. The highest BCUT2D eigenvalue weighted by Gasteiger charge is 2.31. The summed E-state index contributed by atoms with van der Waals surface area (Å²) in [5.41, 5.74) is 1.68. The van der Waals surface area contributed by atoms with Gasteiger partial charge in [0.25, 0.3) is 5.91 Å². The van der Waals surface area contributed by atoms with Crippen LogP contribution in [0.15, 0.2) is 16.9 Å². The van der Waals surface area contributed by atoms with Gasteiger partial charge < -0.3 is 9.42 Å². The molecular formula is C14H15N7O2S. The zero-order chi connectivity index (χ0) is 16.5. The summed E-state index contributed by atoms with van der Waals surface area (Å²) in [7, 11) is 0. The summed E-state index contributed by atoms with van der Waals surface area (Å²) in [6.45, 7) is 3.15. The van der Waals surface area contributed by atoms with Crippen molar-refractivity contribution in [3.8, 4) is 10.6 Å². The summed E-state index contributed by atoms with van der Waals surface area (Å²) in [5.74, 6) is 0.913. The molecule has 9 nitrogen and oxygen atoms in total. The lowest BCUT2D eigenvalue weighted by Crippen LogP contribution is -2.39. The van der Waals surface area contributed by atoms with Gasteiger partial charge in [-0.3, -0.25) is 9.89 Å². The van der Waals surface area contributed by atoms with Crippen molar-refractivity contribution in [1.29, 1.82) is 0 Å². The van der Waals surface area contributed by atoms with Crippen LogP contribution in [0.3, 0.4) is 0 Å². The first-order valence-electron chi connectivity index (χ1n) is 7.63. The molecule has 1 amide bonds. The largest absolute Gasteiger partial charge is 0.355 e. The molecule has 1 aliphatic heterocycles. The van der Waals surface area contributed by atoms with Gasteiger partial charge in [0, 0.05) is 25.1 Å². The van der Waals surface area contributed by atoms with Gasteiger partial charge >= 0.3 is 0 Å². The normalized spacial score (nSPS) is 18.0. The molecule has 0 spiro atoms. The summed E-state index contributed by atoms with van der Waals surface area (Å²) in [5, 5.41) is 14.6. The fraction of sp³-hybridized carbons (Fsp3) is 0.429. The SMILES string of the molecule is Cc1cc(-c2snnc2[C@H]2CCCN(C(=O)c3ncn[nH]3)C2)on1. The highest BCUT2D eigenvalue weighted by Crippen LogP contribution is 2.35. The number of likely N-dealkylation sites (tertiary alicyclic amines) is 1. The highest BCUT2D eigenvalue weighted by molar-refractivity contribution is 7.09. The Labute approximate surface area is 141 Å². The van der Waals surface area contributed by atoms with Crippen LogP contribution in [-0.4, -0.2) is 53.8 Å². The Morgan fingerprint density at radius 3 is 3.17 bits per heavy atom. The number of aromatic nitrogens is 6. The molecular weight excluding hydrogens is 330 g/mol. The van der Waals surface area contributed by atoms with E-state index >= 15 is 0 Å². The first-order chi connectivity index (χ1) is 11.7. The maximum atomic E-state index is 12.5. The van der Waals surface area contributed by atoms with E-state index in [4.69, 9.17) is 4.52 Å². The van der Waals surface area contributed by atoms with Gasteiger partial charge in [0.2, 0.25) is 5.82 Å². The van der Waals surface area contributed by atoms with Gasteiger partial charge in [0.15, 0.2) is 5.76 Å². The molecule has 3 aromatic heterocycles. The first-order valence-corrected chi connectivity index (χ1v) is 8.40. The zero-order valence-corrected chi connectivity index (χ0v) is 13.8. The summed E-state index contributed by atoms with van der Waals surface area (Å²) in [6, 6.07) is 1.87. The van der Waals surface area contributed by atoms with Gasteiger partial charge in [0.05, 0.1) is 11.4 Å². The minimum atomic E-state index is -0.141. The molecule has 3 aromatic rings. The van der Waals surface area contributed by atoms with Crippen LogP contribution < -0.4 is 0 Å². The van der Waals surface area contributed by atoms with Gasteiger partial charge in [0.1, 0.15) is 11.2 Å². The van der Waals surface area contributed by atoms with E-state index in [1.165, 1.54) is 17.9 Å². The second-order valence-corrected chi connectivity index (χ2v) is 6.50. The van der Waals surface area contributed by atoms with Crippen molar-refractivity contribution in [3.63, 3.8) is 0 Å². The van der Waals surface area contributed by atoms with E-state index in [1.807, 2.05) is 13.0 Å². The number of hydrogen-bond donors (Lipinski definition) is 1. The monoisotopic (exact) mass is 345 g/mol. The lowest BCUT2D eigenvalue weighted by atomic mass is 9.93. The number of nitrogens with one attached hydrogen (secondary N) is 1. The molecule has 1 aliphatic rings. The molecule has 0 aromatic carbocycles. The van der Waals surface area contributed by atoms with E-state index < -0.39 is 0 Å². The lowest BCUT2D eigenvalue weighted by Gasteiger charge is -2.31. The number of piperidine rings is 1. The second kappa shape index (κ2) is 6.11. The molecule has 4 rings (SSSR count). The summed E-state index contributed by atoms with van der Waals surface area (Å²) in [4.78, 5) is 19.1. The third kappa shape index (κ3) is 2.68. The van der Waals surface area contributed by atoms with Crippen LogP contribution in [0.2, 0.25) is 0 Å². The van der Waals surface area contributed by atoms with Crippen LogP contribution in [0.4, 0.5) is 0 Å². The Morgan fingerprint density at radius 2 is 2.42 bits per heavy atom. The number of nitrogens with zero attached hydrogens (tertiary/aromatic N) is 6. The van der Waals surface area contributed by atoms with E-state index in [0.29, 0.717) is 18.8 Å². The third-order valence-electron chi connectivity index (χ3n) is 4.08. The highest BCUT2D eigenvalue weighted by atomic mass is 32.1. The van der Waals surface area contributed by atoms with E-state index in [9.17, 15) is 4.79 Å². The molecule has 0 radical (unpaired) electrons. The van der Waals surface area contributed by atoms with Crippen molar-refractivity contribution in [2.24, 2.45) is 0 Å². The number of carbonyl (C=O) groups is 1. The van der Waals surface area contributed by atoms with Crippen molar-refractivity contribution in [3.05, 3.63) is 29.6 Å². The molecule has 10 heteroatoms. The number of hydrogen-bond acceptors (Lipinski definition) is 8. The molecule has 24 heavy (non-hydrogen) atoms. The van der Waals surface area contributed by atoms with E-state index in [2.05, 4.69) is 29.9 Å². The number of amides is 1. The average Bonchev–Trinajstić information content (AvgIpc) is 3.35. The van der Waals surface area contributed by atoms with Gasteiger partial charge in [-0.15, -0.1) is 5.10 Å². The van der Waals surface area contributed by atoms with E-state index in [0.717, 1.165) is 29.1 Å². The maximum Gasteiger partial charge on any atom is 0.291 e. The van der Waals surface area contributed by atoms with Crippen molar-refractivity contribution >= 4 is 17.4 Å². The van der Waals surface area contributed by atoms with Crippen LogP contribution in [0.25, 0.3) is 10.6 Å². The van der Waals surface area contributed by atoms with Gasteiger partial charge in [-0.25, -0.2) is 4.98 Å². The Bertz CT molecular complexity index is 841. The number of aromatic amines is 1. The third-order valence-corrected chi connectivity index (χ3v) is 4.83. The number of H-pyrrole nitrogens is 1. The minimum absolute atomic E-state index is 0.116. The molecule has 0 aliphatic carbocycles. The molecule has 1 atom stereocenters. The fourth-order valence-corrected chi connectivity index (χ4v) is 3.65. The lowest BCUT2D eigenvalue weighted by molar-refractivity contribution is 0.0694. The van der Waals surface area contributed by atoms with Gasteiger partial charge in [-0.05, 0) is 31.3 Å². The Hall–Kier alpha value is -2.62. The molecule has 0 unspecified atom stereocenters. The van der Waals surface area contributed by atoms with Crippen LogP contribution in [0, 0.1) is 6.92 Å². The quantitative estimate of drug-likeness (QED) is 0.767. The molecule has 1 saturated heterocycles. The van der Waals surface area contributed by atoms with Crippen LogP contribution in [-0.2, 0) is 0 Å². The topological polar surface area (TPSA) is 114 Å². The first kappa shape index (κ1) is 14.9. The predicted molar refractivity (Wildman–Crippen MR) is 84.4 cm³/mol. The summed E-state index contributed by atoms with van der Waals surface area (Å²) < 4.78 is 9.42. The average molecular weight is 345 g/mol. The number of carbonyl (C=O) groups excluding carboxylic acids is 1. The minimum Gasteiger partial charge on any atom is -0.355 e. The maximum absolute atomic E-state index is 12.5. The smallest absolute Gasteiger partial charge is 0.291 e. The van der Waals surface area contributed by atoms with Crippen molar-refractivity contribution < 1.29 is 9.32 Å². The van der Waals surface area contributed by atoms with Crippen LogP contribution >= 0.6 is 11.5 Å². The molecule has 0 bridgehead atoms. The van der Waals surface area contributed by atoms with Crippen molar-refractivity contribution in [2.45, 2.75) is 25.7 Å². The molecule has 1 fully saturated rings. The van der Waals surface area contributed by atoms with Crippen molar-refractivity contribution in [1.82, 2.24) is 34.8 Å². The number of rotatable bonds is 3. The Balaban J connectivity index is 1.57. The van der Waals surface area contributed by atoms with Crippen LogP contribution in [0.5, 0.6) is 0 Å². The van der Waals surface area contributed by atoms with Crippen molar-refractivity contribution in [2.75, 3.05) is 13.1 Å². The Morgan fingerprint density at radius 1 is 1.50 bits per heavy atom. The van der Waals surface area contributed by atoms with Gasteiger partial charge in [-0.1, -0.05) is 9.64 Å². The van der Waals surface area contributed by atoms with E-state index in [1.54, 1.807) is 4.90 Å². The summed E-state index contributed by atoms with van der Waals surface area (Å²) >= 11 is 1.29. The molecule has 4 heterocycles. The standard InChI is InChI=1S/C14H15N7O2S/c1-8-5-10(23-19-8)12-11(17-20-24-12)9-3-2-4-21(6-9)14(22)13-15-7-16-18-13/h5,7,9H,2-4,6H2,1H3,(H,15,16,18)/t9-/m0/s1. The molecule has 1 N–H and O–H groups in total. The fourth-order valence-electron chi connectivity index (χ4n) is 2.95. The second-order valence-electron chi connectivity index (χ2n) is 5.74. The predicted octanol–water partition coefficient (Wildman–Crippen LogP) is 1.64. The summed E-state index contributed by atoms with van der Waals surface area (Å²) in [6.07, 6.45) is 3.19. The zero-order valence-electron chi connectivity index (χ0n) is 13.0. The van der Waals surface area contributed by atoms with Crippen LogP contribution in [0.1, 0.15) is 40.8 Å². The molecule has 0 saturated carbocycles. The van der Waals surface area contributed by atoms with E-state index in [-0.39, 0.29) is 17.6 Å². The Kier molecular flexibility index (Phi) is 3.81.